The summed E-state index contributed by atoms with van der Waals surface area (Å²) in [4.78, 5) is 26.2. The average molecular weight is 896 g/mol. The van der Waals surface area contributed by atoms with Gasteiger partial charge in [0.15, 0.2) is 0 Å². The van der Waals surface area contributed by atoms with E-state index in [1.165, 1.54) is 135 Å². The van der Waals surface area contributed by atoms with Crippen LogP contribution in [0.25, 0.3) is 0 Å². The second-order valence-electron chi connectivity index (χ2n) is 18.7. The molecule has 0 heterocycles. The van der Waals surface area contributed by atoms with Crippen molar-refractivity contribution in [1.29, 1.82) is 0 Å². The Bertz CT molecular complexity index is 1140. The van der Waals surface area contributed by atoms with E-state index in [-0.39, 0.29) is 24.9 Å². The first-order valence-corrected chi connectivity index (χ1v) is 27.6. The highest BCUT2D eigenvalue weighted by Crippen LogP contribution is 2.17. The first-order valence-electron chi connectivity index (χ1n) is 27.6. The summed E-state index contributed by atoms with van der Waals surface area (Å²) in [7, 11) is 0. The van der Waals surface area contributed by atoms with Crippen LogP contribution in [-0.4, -0.2) is 46.9 Å². The van der Waals surface area contributed by atoms with Gasteiger partial charge in [-0.1, -0.05) is 242 Å². The molecule has 0 aliphatic heterocycles. The second kappa shape index (κ2) is 51.5. The van der Waals surface area contributed by atoms with Gasteiger partial charge >= 0.3 is 5.97 Å². The van der Waals surface area contributed by atoms with Crippen LogP contribution in [0.2, 0.25) is 0 Å². The number of amides is 1. The molecule has 0 fully saturated rings. The maximum absolute atomic E-state index is 13.2. The predicted octanol–water partition coefficient (Wildman–Crippen LogP) is 16.8. The molecule has 3 N–H and O–H groups in total. The minimum absolute atomic E-state index is 0.0506. The molecule has 0 radical (unpaired) electrons. The first kappa shape index (κ1) is 61.6. The highest BCUT2D eigenvalue weighted by Gasteiger charge is 2.24. The molecule has 0 bridgehead atoms. The lowest BCUT2D eigenvalue weighted by molar-refractivity contribution is -0.151. The Balaban J connectivity index is 4.66. The van der Waals surface area contributed by atoms with Crippen LogP contribution in [0.4, 0.5) is 0 Å². The van der Waals surface area contributed by atoms with E-state index in [2.05, 4.69) is 86.8 Å². The molecule has 3 unspecified atom stereocenters. The Morgan fingerprint density at radius 1 is 0.453 bits per heavy atom. The van der Waals surface area contributed by atoms with Crippen LogP contribution >= 0.6 is 0 Å². The summed E-state index contributed by atoms with van der Waals surface area (Å²) in [6, 6.07) is -0.716. The van der Waals surface area contributed by atoms with E-state index in [4.69, 9.17) is 4.74 Å². The fraction of sp³-hybridized carbons (Fsp3) is 0.793. The molecule has 372 valence electrons. The van der Waals surface area contributed by atoms with Crippen molar-refractivity contribution in [2.75, 3.05) is 6.61 Å². The molecule has 6 nitrogen and oxygen atoms in total. The summed E-state index contributed by atoms with van der Waals surface area (Å²) in [5, 5.41) is 23.8. The lowest BCUT2D eigenvalue weighted by atomic mass is 10.0. The number of carbonyl (C=O) groups excluding carboxylic acids is 2. The van der Waals surface area contributed by atoms with E-state index in [0.29, 0.717) is 19.3 Å². The molecule has 1 amide bonds. The monoisotopic (exact) mass is 896 g/mol. The minimum Gasteiger partial charge on any atom is -0.462 e. The van der Waals surface area contributed by atoms with Gasteiger partial charge in [0.25, 0.3) is 0 Å². The third-order valence-corrected chi connectivity index (χ3v) is 12.4. The lowest BCUT2D eigenvalue weighted by Crippen LogP contribution is -2.46. The van der Waals surface area contributed by atoms with Crippen molar-refractivity contribution in [1.82, 2.24) is 5.32 Å². The van der Waals surface area contributed by atoms with Gasteiger partial charge < -0.3 is 20.3 Å². The van der Waals surface area contributed by atoms with Gasteiger partial charge in [0, 0.05) is 6.42 Å². The highest BCUT2D eigenvalue weighted by atomic mass is 16.5. The smallest absolute Gasteiger partial charge is 0.306 e. The Labute approximate surface area is 397 Å². The Kier molecular flexibility index (Phi) is 49.6. The number of nitrogens with one attached hydrogen (secondary N) is 1. The van der Waals surface area contributed by atoms with E-state index >= 15 is 0 Å². The van der Waals surface area contributed by atoms with Gasteiger partial charge in [-0.15, -0.1) is 0 Å². The van der Waals surface area contributed by atoms with Crippen LogP contribution in [0.1, 0.15) is 271 Å². The van der Waals surface area contributed by atoms with Gasteiger partial charge in [0.2, 0.25) is 5.91 Å². The standard InChI is InChI=1S/C58H105NO5/c1-4-7-10-13-16-19-22-24-26-28-29-31-33-36-39-42-45-48-51-58(63)64-54(49-46-43-40-37-35-32-30-27-25-23-20-17-14-11-8-5-2)52-57(62)59-55(53-60)56(61)50-47-44-41-38-34-21-18-15-12-9-6-3/h22,24,26-32,35,54-56,60-61H,4-21,23,25,33-34,36-53H2,1-3H3,(H,59,62)/b24-22+,28-26+,30-27+,31-29+,35-32+. The normalized spacial score (nSPS) is 13.6. The molecular formula is C58H105NO5. The number of hydrogen-bond acceptors (Lipinski definition) is 5. The number of rotatable bonds is 49. The molecule has 3 atom stereocenters. The predicted molar refractivity (Wildman–Crippen MR) is 278 cm³/mol. The van der Waals surface area contributed by atoms with Crippen LogP contribution in [-0.2, 0) is 14.3 Å². The van der Waals surface area contributed by atoms with Crippen molar-refractivity contribution < 1.29 is 24.5 Å². The summed E-state index contributed by atoms with van der Waals surface area (Å²) in [6.45, 7) is 6.45. The van der Waals surface area contributed by atoms with Crippen molar-refractivity contribution in [2.24, 2.45) is 0 Å². The number of ether oxygens (including phenoxy) is 1. The Morgan fingerprint density at radius 3 is 1.22 bits per heavy atom. The Morgan fingerprint density at radius 2 is 0.797 bits per heavy atom. The molecule has 0 rings (SSSR count). The maximum Gasteiger partial charge on any atom is 0.306 e. The molecule has 0 aromatic carbocycles. The van der Waals surface area contributed by atoms with Crippen LogP contribution in [0.15, 0.2) is 60.8 Å². The quantitative estimate of drug-likeness (QED) is 0.0321. The average Bonchev–Trinajstić information content (AvgIpc) is 3.29. The van der Waals surface area contributed by atoms with Gasteiger partial charge in [0.05, 0.1) is 25.2 Å². The lowest BCUT2D eigenvalue weighted by Gasteiger charge is -2.24. The van der Waals surface area contributed by atoms with Crippen molar-refractivity contribution >= 4 is 11.9 Å². The van der Waals surface area contributed by atoms with Crippen LogP contribution in [0.3, 0.4) is 0 Å². The van der Waals surface area contributed by atoms with Crippen molar-refractivity contribution in [2.45, 2.75) is 289 Å². The minimum atomic E-state index is -0.799. The van der Waals surface area contributed by atoms with E-state index in [1.807, 2.05) is 0 Å². The van der Waals surface area contributed by atoms with Crippen molar-refractivity contribution in [3.05, 3.63) is 60.8 Å². The zero-order chi connectivity index (χ0) is 46.7. The largest absolute Gasteiger partial charge is 0.462 e. The molecule has 0 aliphatic carbocycles. The molecular weight excluding hydrogens is 791 g/mol. The van der Waals surface area contributed by atoms with Crippen LogP contribution in [0, 0.1) is 0 Å². The van der Waals surface area contributed by atoms with E-state index < -0.39 is 18.2 Å². The zero-order valence-electron chi connectivity index (χ0n) is 42.4. The molecule has 0 aromatic heterocycles. The van der Waals surface area contributed by atoms with Gasteiger partial charge in [-0.2, -0.15) is 0 Å². The maximum atomic E-state index is 13.2. The van der Waals surface area contributed by atoms with Crippen LogP contribution in [0.5, 0.6) is 0 Å². The number of allylic oxidation sites excluding steroid dienone is 10. The number of aliphatic hydroxyl groups is 2. The van der Waals surface area contributed by atoms with E-state index in [1.54, 1.807) is 0 Å². The first-order chi connectivity index (χ1) is 31.5. The molecule has 0 spiro atoms. The fourth-order valence-corrected chi connectivity index (χ4v) is 8.19. The third kappa shape index (κ3) is 46.1. The third-order valence-electron chi connectivity index (χ3n) is 12.4. The summed E-state index contributed by atoms with van der Waals surface area (Å²) in [6.07, 6.45) is 64.2. The zero-order valence-corrected chi connectivity index (χ0v) is 42.4. The van der Waals surface area contributed by atoms with Gasteiger partial charge in [-0.25, -0.2) is 0 Å². The van der Waals surface area contributed by atoms with E-state index in [0.717, 1.165) is 89.9 Å². The molecule has 0 aliphatic rings. The number of hydrogen-bond donors (Lipinski definition) is 3. The second-order valence-corrected chi connectivity index (χ2v) is 18.7. The molecule has 0 aromatic rings. The van der Waals surface area contributed by atoms with E-state index in [9.17, 15) is 19.8 Å². The summed E-state index contributed by atoms with van der Waals surface area (Å²) in [5.41, 5.74) is 0. The molecule has 0 saturated heterocycles. The molecule has 64 heavy (non-hydrogen) atoms. The van der Waals surface area contributed by atoms with Crippen LogP contribution < -0.4 is 5.32 Å². The van der Waals surface area contributed by atoms with Gasteiger partial charge in [0.1, 0.15) is 6.10 Å². The number of esters is 1. The SMILES string of the molecule is CCCCCCC/C=C/C=C/C=C/CCCCCCCC(=O)OC(CCCCC/C=C/C=C/CCCCCCCCC)CC(=O)NC(CO)C(O)CCCCCCCCCCCCC. The topological polar surface area (TPSA) is 95.9 Å². The molecule has 0 saturated carbocycles. The molecule has 6 heteroatoms. The van der Waals surface area contributed by atoms with Crippen molar-refractivity contribution in [3.8, 4) is 0 Å². The number of aliphatic hydroxyl groups excluding tert-OH is 2. The summed E-state index contributed by atoms with van der Waals surface area (Å²) in [5.74, 6) is -0.519. The van der Waals surface area contributed by atoms with Gasteiger partial charge in [-0.3, -0.25) is 9.59 Å². The van der Waals surface area contributed by atoms with Crippen molar-refractivity contribution in [3.63, 3.8) is 0 Å². The van der Waals surface area contributed by atoms with Gasteiger partial charge in [-0.05, 0) is 77.0 Å². The summed E-state index contributed by atoms with van der Waals surface area (Å²) < 4.78 is 5.93. The fourth-order valence-electron chi connectivity index (χ4n) is 8.19. The number of unbranched alkanes of at least 4 members (excludes halogenated alkanes) is 30. The summed E-state index contributed by atoms with van der Waals surface area (Å²) >= 11 is 0. The highest BCUT2D eigenvalue weighted by molar-refractivity contribution is 5.77. The number of carbonyl (C=O) groups is 2. The Hall–Kier alpha value is -2.44.